The minimum absolute atomic E-state index is 0.125. The summed E-state index contributed by atoms with van der Waals surface area (Å²) in [6.45, 7) is 0.606. The van der Waals surface area contributed by atoms with Gasteiger partial charge in [-0.05, 0) is 6.08 Å². The average Bonchev–Trinajstić information content (AvgIpc) is 2.14. The number of hydrogen-bond acceptors (Lipinski definition) is 5. The number of esters is 1. The van der Waals surface area contributed by atoms with Crippen LogP contribution in [0.3, 0.4) is 0 Å². The van der Waals surface area contributed by atoms with Crippen LogP contribution in [0.1, 0.15) is 0 Å². The molecule has 0 aliphatic heterocycles. The molecule has 0 rings (SSSR count). The van der Waals surface area contributed by atoms with Gasteiger partial charge in [0.1, 0.15) is 6.61 Å². The highest BCUT2D eigenvalue weighted by molar-refractivity contribution is 5.85. The summed E-state index contributed by atoms with van der Waals surface area (Å²) in [7, 11) is 2.95. The second-order valence-electron chi connectivity index (χ2n) is 2.17. The molecule has 13 heavy (non-hydrogen) atoms. The van der Waals surface area contributed by atoms with Crippen molar-refractivity contribution in [2.45, 2.75) is 0 Å². The Hall–Kier alpha value is -1.07. The summed E-state index contributed by atoms with van der Waals surface area (Å²) in [6, 6.07) is 0. The molecule has 76 valence electrons. The molecule has 0 aromatic carbocycles. The van der Waals surface area contributed by atoms with Crippen molar-refractivity contribution >= 4 is 5.97 Å². The lowest BCUT2D eigenvalue weighted by Crippen LogP contribution is -2.12. The van der Waals surface area contributed by atoms with E-state index in [2.05, 4.69) is 14.2 Å². The van der Waals surface area contributed by atoms with E-state index in [1.54, 1.807) is 0 Å². The molecule has 0 aliphatic carbocycles. The van der Waals surface area contributed by atoms with Gasteiger partial charge in [-0.15, -0.1) is 0 Å². The summed E-state index contributed by atoms with van der Waals surface area (Å²) in [4.78, 5) is 10.9. The minimum atomic E-state index is -0.769. The Morgan fingerprint density at radius 3 is 2.54 bits per heavy atom. The molecule has 0 heterocycles. The van der Waals surface area contributed by atoms with E-state index < -0.39 is 11.7 Å². The molecule has 0 spiro atoms. The van der Waals surface area contributed by atoms with Gasteiger partial charge in [-0.1, -0.05) is 0 Å². The van der Waals surface area contributed by atoms with Crippen molar-refractivity contribution in [3.63, 3.8) is 0 Å². The average molecular weight is 190 g/mol. The molecule has 0 aromatic heterocycles. The van der Waals surface area contributed by atoms with Crippen LogP contribution >= 0.6 is 0 Å². The van der Waals surface area contributed by atoms with Crippen molar-refractivity contribution in [3.8, 4) is 0 Å². The third-order valence-electron chi connectivity index (χ3n) is 1.17. The molecule has 0 aliphatic rings. The summed E-state index contributed by atoms with van der Waals surface area (Å²) < 4.78 is 13.9. The SMILES string of the molecule is COCC=C(O)C(=O)OCCOC. The summed E-state index contributed by atoms with van der Waals surface area (Å²) in [5, 5.41) is 9.01. The van der Waals surface area contributed by atoms with E-state index in [4.69, 9.17) is 5.11 Å². The van der Waals surface area contributed by atoms with Crippen molar-refractivity contribution in [3.05, 3.63) is 11.8 Å². The van der Waals surface area contributed by atoms with E-state index in [0.717, 1.165) is 0 Å². The zero-order valence-corrected chi connectivity index (χ0v) is 7.78. The molecule has 0 radical (unpaired) electrons. The zero-order valence-electron chi connectivity index (χ0n) is 7.78. The molecular formula is C8H14O5. The maximum Gasteiger partial charge on any atom is 0.373 e. The largest absolute Gasteiger partial charge is 0.502 e. The first kappa shape index (κ1) is 11.9. The van der Waals surface area contributed by atoms with Crippen LogP contribution in [0.25, 0.3) is 0 Å². The van der Waals surface area contributed by atoms with Crippen LogP contribution in [-0.4, -0.2) is 45.1 Å². The van der Waals surface area contributed by atoms with Crippen LogP contribution < -0.4 is 0 Å². The maximum absolute atomic E-state index is 10.9. The number of aliphatic hydroxyl groups excluding tert-OH is 1. The molecule has 0 amide bonds. The number of aliphatic hydroxyl groups is 1. The molecular weight excluding hydrogens is 176 g/mol. The van der Waals surface area contributed by atoms with Crippen LogP contribution in [0.5, 0.6) is 0 Å². The highest BCUT2D eigenvalue weighted by atomic mass is 16.6. The predicted molar refractivity (Wildman–Crippen MR) is 45.4 cm³/mol. The summed E-state index contributed by atoms with van der Waals surface area (Å²) in [5.41, 5.74) is 0. The highest BCUT2D eigenvalue weighted by Crippen LogP contribution is 1.92. The van der Waals surface area contributed by atoms with Gasteiger partial charge in [-0.2, -0.15) is 0 Å². The first-order valence-corrected chi connectivity index (χ1v) is 3.76. The Morgan fingerprint density at radius 2 is 2.00 bits per heavy atom. The van der Waals surface area contributed by atoms with Gasteiger partial charge in [0.15, 0.2) is 5.76 Å². The van der Waals surface area contributed by atoms with Crippen molar-refractivity contribution < 1.29 is 24.1 Å². The van der Waals surface area contributed by atoms with Crippen molar-refractivity contribution in [2.24, 2.45) is 0 Å². The Labute approximate surface area is 76.9 Å². The maximum atomic E-state index is 10.9. The Morgan fingerprint density at radius 1 is 1.31 bits per heavy atom. The molecule has 0 bridgehead atoms. The molecule has 0 fully saturated rings. The highest BCUT2D eigenvalue weighted by Gasteiger charge is 2.07. The fraction of sp³-hybridized carbons (Fsp3) is 0.625. The molecule has 1 N–H and O–H groups in total. The molecule has 5 nitrogen and oxygen atoms in total. The minimum Gasteiger partial charge on any atom is -0.502 e. The second-order valence-corrected chi connectivity index (χ2v) is 2.17. The third-order valence-corrected chi connectivity index (χ3v) is 1.17. The third kappa shape index (κ3) is 6.12. The topological polar surface area (TPSA) is 65.0 Å². The van der Waals surface area contributed by atoms with E-state index in [0.29, 0.717) is 6.61 Å². The molecule has 0 atom stereocenters. The lowest BCUT2D eigenvalue weighted by molar-refractivity contribution is -0.143. The smallest absolute Gasteiger partial charge is 0.373 e. The van der Waals surface area contributed by atoms with Crippen LogP contribution in [-0.2, 0) is 19.0 Å². The van der Waals surface area contributed by atoms with Gasteiger partial charge in [0.05, 0.1) is 13.2 Å². The van der Waals surface area contributed by atoms with Gasteiger partial charge in [-0.25, -0.2) is 4.79 Å². The molecule has 0 aromatic rings. The van der Waals surface area contributed by atoms with Crippen LogP contribution in [0.4, 0.5) is 0 Å². The lowest BCUT2D eigenvalue weighted by atomic mass is 10.4. The predicted octanol–water partition coefficient (Wildman–Crippen LogP) is 0.264. The van der Waals surface area contributed by atoms with Crippen LogP contribution in [0.2, 0.25) is 0 Å². The Kier molecular flexibility index (Phi) is 6.95. The molecule has 0 saturated carbocycles. The number of methoxy groups -OCH3 is 2. The molecule has 0 saturated heterocycles. The zero-order chi connectivity index (χ0) is 10.1. The van der Waals surface area contributed by atoms with Crippen LogP contribution in [0.15, 0.2) is 11.8 Å². The number of carbonyl (C=O) groups excluding carboxylic acids is 1. The molecule has 0 unspecified atom stereocenters. The standard InChI is InChI=1S/C8H14O5/c1-11-4-3-7(9)8(10)13-6-5-12-2/h3,9H,4-6H2,1-2H3. The first-order chi connectivity index (χ1) is 6.22. The van der Waals surface area contributed by atoms with Crippen molar-refractivity contribution in [1.82, 2.24) is 0 Å². The fourth-order valence-corrected chi connectivity index (χ4v) is 0.537. The van der Waals surface area contributed by atoms with Gasteiger partial charge in [-0.3, -0.25) is 0 Å². The summed E-state index contributed by atoms with van der Waals surface area (Å²) >= 11 is 0. The Bertz CT molecular complexity index is 175. The van der Waals surface area contributed by atoms with E-state index in [-0.39, 0.29) is 13.2 Å². The second kappa shape index (κ2) is 7.57. The number of ether oxygens (including phenoxy) is 3. The van der Waals surface area contributed by atoms with Gasteiger partial charge < -0.3 is 19.3 Å². The summed E-state index contributed by atoms with van der Waals surface area (Å²) in [5.74, 6) is -1.22. The van der Waals surface area contributed by atoms with Gasteiger partial charge in [0.2, 0.25) is 0 Å². The number of rotatable bonds is 6. The Balaban J connectivity index is 3.69. The van der Waals surface area contributed by atoms with E-state index >= 15 is 0 Å². The van der Waals surface area contributed by atoms with Gasteiger partial charge >= 0.3 is 5.97 Å². The monoisotopic (exact) mass is 190 g/mol. The summed E-state index contributed by atoms with van der Waals surface area (Å²) in [6.07, 6.45) is 1.23. The van der Waals surface area contributed by atoms with Crippen LogP contribution in [0, 0.1) is 0 Å². The normalized spacial score (nSPS) is 11.4. The first-order valence-electron chi connectivity index (χ1n) is 3.76. The van der Waals surface area contributed by atoms with Gasteiger partial charge in [0, 0.05) is 14.2 Å². The fourth-order valence-electron chi connectivity index (χ4n) is 0.537. The van der Waals surface area contributed by atoms with E-state index in [9.17, 15) is 4.79 Å². The van der Waals surface area contributed by atoms with E-state index in [1.165, 1.54) is 20.3 Å². The molecule has 5 heteroatoms. The lowest BCUT2D eigenvalue weighted by Gasteiger charge is -2.02. The van der Waals surface area contributed by atoms with Crippen molar-refractivity contribution in [1.29, 1.82) is 0 Å². The number of hydrogen-bond donors (Lipinski definition) is 1. The van der Waals surface area contributed by atoms with Gasteiger partial charge in [0.25, 0.3) is 0 Å². The quantitative estimate of drug-likeness (QED) is 0.282. The van der Waals surface area contributed by atoms with E-state index in [1.807, 2.05) is 0 Å². The number of carbonyl (C=O) groups is 1. The van der Waals surface area contributed by atoms with Crippen molar-refractivity contribution in [2.75, 3.05) is 34.0 Å².